The molecular formula is C22H17F2NS. The average molecular weight is 365 g/mol. The predicted octanol–water partition coefficient (Wildman–Crippen LogP) is 6.70. The highest BCUT2D eigenvalue weighted by Crippen LogP contribution is 2.21. The zero-order chi connectivity index (χ0) is 18.4. The molecule has 0 radical (unpaired) electrons. The van der Waals surface area contributed by atoms with Crippen LogP contribution in [0.2, 0.25) is 0 Å². The average Bonchev–Trinajstić information content (AvgIpc) is 2.65. The number of aryl methyl sites for hydroxylation is 1. The standard InChI is InChI=1S/C22H17F2NS/c1-16-2-10-20(11-3-16)25-22(17-4-6-18(23)7-5-17)14-15-26-21-12-8-19(24)9-13-21/h2-15H,1H3. The number of thioether (sulfide) groups is 1. The van der Waals surface area contributed by atoms with Crippen LogP contribution in [0, 0.1) is 18.6 Å². The SMILES string of the molecule is Cc1ccc(N=C(C=CSc2ccc(F)cc2)c2ccc(F)cc2)cc1. The van der Waals surface area contributed by atoms with Crippen LogP contribution in [-0.4, -0.2) is 5.71 Å². The summed E-state index contributed by atoms with van der Waals surface area (Å²) in [6, 6.07) is 20.4. The molecule has 0 atom stereocenters. The number of hydrogen-bond acceptors (Lipinski definition) is 2. The summed E-state index contributed by atoms with van der Waals surface area (Å²) in [7, 11) is 0. The fourth-order valence-electron chi connectivity index (χ4n) is 2.27. The van der Waals surface area contributed by atoms with Gasteiger partial charge in [0.05, 0.1) is 11.4 Å². The van der Waals surface area contributed by atoms with E-state index in [1.807, 2.05) is 42.7 Å². The smallest absolute Gasteiger partial charge is 0.123 e. The van der Waals surface area contributed by atoms with Crippen molar-refractivity contribution in [3.05, 3.63) is 107 Å². The highest BCUT2D eigenvalue weighted by atomic mass is 32.2. The molecule has 0 saturated heterocycles. The molecule has 0 aliphatic rings. The zero-order valence-electron chi connectivity index (χ0n) is 14.2. The number of halogens is 2. The Morgan fingerprint density at radius 2 is 1.38 bits per heavy atom. The first kappa shape index (κ1) is 18.1. The minimum Gasteiger partial charge on any atom is -0.248 e. The number of allylic oxidation sites excluding steroid dienone is 1. The van der Waals surface area contributed by atoms with Crippen molar-refractivity contribution < 1.29 is 8.78 Å². The Morgan fingerprint density at radius 3 is 2.00 bits per heavy atom. The molecule has 0 saturated carbocycles. The van der Waals surface area contributed by atoms with E-state index in [0.29, 0.717) is 0 Å². The van der Waals surface area contributed by atoms with Crippen LogP contribution in [0.5, 0.6) is 0 Å². The lowest BCUT2D eigenvalue weighted by Crippen LogP contribution is -1.96. The van der Waals surface area contributed by atoms with Crippen LogP contribution in [-0.2, 0) is 0 Å². The summed E-state index contributed by atoms with van der Waals surface area (Å²) >= 11 is 1.47. The van der Waals surface area contributed by atoms with Crippen molar-refractivity contribution in [2.45, 2.75) is 11.8 Å². The van der Waals surface area contributed by atoms with Crippen LogP contribution in [0.15, 0.2) is 94.2 Å². The first-order valence-electron chi connectivity index (χ1n) is 8.10. The normalized spacial score (nSPS) is 11.9. The van der Waals surface area contributed by atoms with Gasteiger partial charge < -0.3 is 0 Å². The van der Waals surface area contributed by atoms with E-state index in [0.717, 1.165) is 27.4 Å². The van der Waals surface area contributed by atoms with Crippen molar-refractivity contribution in [3.63, 3.8) is 0 Å². The van der Waals surface area contributed by atoms with E-state index in [-0.39, 0.29) is 11.6 Å². The van der Waals surface area contributed by atoms with Gasteiger partial charge in [0.1, 0.15) is 11.6 Å². The molecule has 3 aromatic carbocycles. The lowest BCUT2D eigenvalue weighted by molar-refractivity contribution is 0.626. The topological polar surface area (TPSA) is 12.4 Å². The molecule has 0 spiro atoms. The molecule has 0 bridgehead atoms. The monoisotopic (exact) mass is 365 g/mol. The van der Waals surface area contributed by atoms with E-state index < -0.39 is 0 Å². The van der Waals surface area contributed by atoms with Crippen molar-refractivity contribution >= 4 is 23.2 Å². The Labute approximate surface area is 156 Å². The van der Waals surface area contributed by atoms with E-state index in [2.05, 4.69) is 4.99 Å². The molecule has 0 aliphatic heterocycles. The highest BCUT2D eigenvalue weighted by Gasteiger charge is 2.02. The Bertz CT molecular complexity index is 912. The minimum atomic E-state index is -0.284. The summed E-state index contributed by atoms with van der Waals surface area (Å²) < 4.78 is 26.2. The van der Waals surface area contributed by atoms with Crippen molar-refractivity contribution in [1.29, 1.82) is 0 Å². The van der Waals surface area contributed by atoms with Crippen LogP contribution in [0.4, 0.5) is 14.5 Å². The van der Waals surface area contributed by atoms with Gasteiger partial charge in [0.25, 0.3) is 0 Å². The minimum absolute atomic E-state index is 0.258. The molecule has 26 heavy (non-hydrogen) atoms. The third-order valence-corrected chi connectivity index (χ3v) is 4.48. The summed E-state index contributed by atoms with van der Waals surface area (Å²) in [5.74, 6) is -0.542. The lowest BCUT2D eigenvalue weighted by atomic mass is 10.1. The summed E-state index contributed by atoms with van der Waals surface area (Å²) in [5, 5.41) is 1.89. The molecule has 0 unspecified atom stereocenters. The van der Waals surface area contributed by atoms with Gasteiger partial charge in [0, 0.05) is 10.5 Å². The van der Waals surface area contributed by atoms with Gasteiger partial charge in [0.2, 0.25) is 0 Å². The Kier molecular flexibility index (Phi) is 5.97. The van der Waals surface area contributed by atoms with Crippen molar-refractivity contribution in [2.24, 2.45) is 4.99 Å². The van der Waals surface area contributed by atoms with Gasteiger partial charge in [-0.25, -0.2) is 13.8 Å². The van der Waals surface area contributed by atoms with Gasteiger partial charge in [-0.3, -0.25) is 0 Å². The van der Waals surface area contributed by atoms with Gasteiger partial charge in [-0.05, 0) is 79.1 Å². The molecule has 1 nitrogen and oxygen atoms in total. The summed E-state index contributed by atoms with van der Waals surface area (Å²) in [4.78, 5) is 5.61. The van der Waals surface area contributed by atoms with E-state index >= 15 is 0 Å². The molecule has 4 heteroatoms. The maximum absolute atomic E-state index is 13.2. The number of aliphatic imine (C=N–C) groups is 1. The van der Waals surface area contributed by atoms with Crippen LogP contribution in [0.3, 0.4) is 0 Å². The lowest BCUT2D eigenvalue weighted by Gasteiger charge is -2.04. The van der Waals surface area contributed by atoms with Gasteiger partial charge in [-0.2, -0.15) is 0 Å². The van der Waals surface area contributed by atoms with Crippen LogP contribution < -0.4 is 0 Å². The molecular weight excluding hydrogens is 348 g/mol. The Morgan fingerprint density at radius 1 is 0.808 bits per heavy atom. The van der Waals surface area contributed by atoms with Crippen molar-refractivity contribution in [2.75, 3.05) is 0 Å². The molecule has 0 aromatic heterocycles. The molecule has 3 aromatic rings. The van der Waals surface area contributed by atoms with Gasteiger partial charge in [-0.1, -0.05) is 29.5 Å². The molecule has 0 N–H and O–H groups in total. The third-order valence-electron chi connectivity index (χ3n) is 3.67. The first-order valence-corrected chi connectivity index (χ1v) is 8.98. The zero-order valence-corrected chi connectivity index (χ0v) is 15.0. The summed E-state index contributed by atoms with van der Waals surface area (Å²) in [6.45, 7) is 2.02. The fourth-order valence-corrected chi connectivity index (χ4v) is 2.91. The predicted molar refractivity (Wildman–Crippen MR) is 105 cm³/mol. The van der Waals surface area contributed by atoms with E-state index in [4.69, 9.17) is 0 Å². The van der Waals surface area contributed by atoms with E-state index in [1.54, 1.807) is 24.3 Å². The van der Waals surface area contributed by atoms with Crippen LogP contribution >= 0.6 is 11.8 Å². The van der Waals surface area contributed by atoms with Crippen LogP contribution in [0.25, 0.3) is 0 Å². The second-order valence-electron chi connectivity index (χ2n) is 5.71. The van der Waals surface area contributed by atoms with Crippen molar-refractivity contribution in [1.82, 2.24) is 0 Å². The molecule has 130 valence electrons. The molecule has 0 amide bonds. The van der Waals surface area contributed by atoms with Gasteiger partial charge >= 0.3 is 0 Å². The maximum atomic E-state index is 13.2. The third kappa shape index (κ3) is 5.14. The summed E-state index contributed by atoms with van der Waals surface area (Å²) in [5.41, 5.74) is 3.53. The van der Waals surface area contributed by atoms with Crippen LogP contribution in [0.1, 0.15) is 11.1 Å². The second kappa shape index (κ2) is 8.59. The Balaban J connectivity index is 1.87. The molecule has 3 rings (SSSR count). The van der Waals surface area contributed by atoms with E-state index in [1.165, 1.54) is 36.0 Å². The molecule has 0 heterocycles. The number of hydrogen-bond donors (Lipinski definition) is 0. The summed E-state index contributed by atoms with van der Waals surface area (Å²) in [6.07, 6.45) is 1.88. The molecule has 0 aliphatic carbocycles. The fraction of sp³-hybridized carbons (Fsp3) is 0.0455. The molecule has 0 fully saturated rings. The quantitative estimate of drug-likeness (QED) is 0.362. The van der Waals surface area contributed by atoms with Crippen molar-refractivity contribution in [3.8, 4) is 0 Å². The maximum Gasteiger partial charge on any atom is 0.123 e. The first-order chi connectivity index (χ1) is 12.6. The number of nitrogens with zero attached hydrogens (tertiary/aromatic N) is 1. The van der Waals surface area contributed by atoms with Gasteiger partial charge in [0.15, 0.2) is 0 Å². The van der Waals surface area contributed by atoms with E-state index in [9.17, 15) is 8.78 Å². The number of benzene rings is 3. The van der Waals surface area contributed by atoms with Gasteiger partial charge in [-0.15, -0.1) is 0 Å². The largest absolute Gasteiger partial charge is 0.248 e. The second-order valence-corrected chi connectivity index (χ2v) is 6.69. The Hall–Kier alpha value is -2.72. The number of rotatable bonds is 5. The highest BCUT2D eigenvalue weighted by molar-refractivity contribution is 8.02.